The predicted molar refractivity (Wildman–Crippen MR) is 46.7 cm³/mol. The molecule has 2 bridgehead atoms. The third-order valence-corrected chi connectivity index (χ3v) is 2.28. The third kappa shape index (κ3) is 1.94. The molecule has 0 aromatic carbocycles. The maximum Gasteiger partial charge on any atom is 0.0731 e. The number of piperidine rings is 1. The standard InChI is InChI=1S/C7H13NO.C2H6/c1-2-8-4-6-3-7(5-8)9-6;1-2/h6-7H,2-5H2,1H3;1-2H3. The fourth-order valence-corrected chi connectivity index (χ4v) is 1.70. The highest BCUT2D eigenvalue weighted by atomic mass is 16.5. The van der Waals surface area contributed by atoms with Crippen molar-refractivity contribution in [1.29, 1.82) is 0 Å². The quantitative estimate of drug-likeness (QED) is 0.572. The molecule has 3 aliphatic heterocycles. The number of morpholine rings is 1. The van der Waals surface area contributed by atoms with Gasteiger partial charge in [-0.2, -0.15) is 0 Å². The molecule has 0 N–H and O–H groups in total. The van der Waals surface area contributed by atoms with Gasteiger partial charge in [0.1, 0.15) is 0 Å². The lowest BCUT2D eigenvalue weighted by Crippen LogP contribution is -2.56. The Balaban J connectivity index is 0.000000281. The van der Waals surface area contributed by atoms with E-state index in [0.29, 0.717) is 12.2 Å². The fourth-order valence-electron chi connectivity index (χ4n) is 1.70. The number of ether oxygens (including phenoxy) is 1. The van der Waals surface area contributed by atoms with Gasteiger partial charge in [-0.1, -0.05) is 20.8 Å². The Labute approximate surface area is 69.5 Å². The highest BCUT2D eigenvalue weighted by Crippen LogP contribution is 2.27. The number of fused-ring (bicyclic) bond motifs is 2. The summed E-state index contributed by atoms with van der Waals surface area (Å²) < 4.78 is 5.47. The van der Waals surface area contributed by atoms with Crippen LogP contribution in [0, 0.1) is 0 Å². The predicted octanol–water partition coefficient (Wildman–Crippen LogP) is 1.51. The molecule has 0 amide bonds. The van der Waals surface area contributed by atoms with E-state index in [2.05, 4.69) is 11.8 Å². The van der Waals surface area contributed by atoms with Crippen LogP contribution in [0.1, 0.15) is 27.2 Å². The molecule has 3 fully saturated rings. The first-order valence-corrected chi connectivity index (χ1v) is 4.76. The number of rotatable bonds is 1. The largest absolute Gasteiger partial charge is 0.372 e. The zero-order valence-corrected chi connectivity index (χ0v) is 7.84. The topological polar surface area (TPSA) is 12.5 Å². The average Bonchev–Trinajstić information content (AvgIpc) is 2.07. The van der Waals surface area contributed by atoms with Crippen molar-refractivity contribution in [2.45, 2.75) is 39.4 Å². The fraction of sp³-hybridized carbons (Fsp3) is 1.00. The second kappa shape index (κ2) is 4.07. The van der Waals surface area contributed by atoms with Crippen LogP contribution in [0.4, 0.5) is 0 Å². The lowest BCUT2D eigenvalue weighted by atomic mass is 9.99. The minimum absolute atomic E-state index is 0.587. The van der Waals surface area contributed by atoms with Crippen molar-refractivity contribution in [2.24, 2.45) is 0 Å². The van der Waals surface area contributed by atoms with Crippen molar-refractivity contribution in [3.05, 3.63) is 0 Å². The van der Waals surface area contributed by atoms with Crippen LogP contribution in [0.2, 0.25) is 0 Å². The van der Waals surface area contributed by atoms with Gasteiger partial charge in [0.25, 0.3) is 0 Å². The smallest absolute Gasteiger partial charge is 0.0731 e. The Morgan fingerprint density at radius 1 is 1.27 bits per heavy atom. The van der Waals surface area contributed by atoms with E-state index in [0.717, 1.165) is 0 Å². The summed E-state index contributed by atoms with van der Waals surface area (Å²) in [7, 11) is 0. The molecule has 0 aromatic heterocycles. The minimum Gasteiger partial charge on any atom is -0.372 e. The summed E-state index contributed by atoms with van der Waals surface area (Å²) >= 11 is 0. The Morgan fingerprint density at radius 2 is 1.73 bits per heavy atom. The van der Waals surface area contributed by atoms with Crippen LogP contribution in [0.25, 0.3) is 0 Å². The normalized spacial score (nSPS) is 35.2. The van der Waals surface area contributed by atoms with E-state index in [-0.39, 0.29) is 0 Å². The molecule has 2 unspecified atom stereocenters. The lowest BCUT2D eigenvalue weighted by Gasteiger charge is -2.46. The Morgan fingerprint density at radius 3 is 2.00 bits per heavy atom. The van der Waals surface area contributed by atoms with Crippen LogP contribution in [0.15, 0.2) is 0 Å². The van der Waals surface area contributed by atoms with Crippen molar-refractivity contribution in [3.8, 4) is 0 Å². The molecule has 11 heavy (non-hydrogen) atoms. The highest BCUT2D eigenvalue weighted by molar-refractivity contribution is 4.88. The second-order valence-electron chi connectivity index (χ2n) is 2.97. The van der Waals surface area contributed by atoms with Crippen LogP contribution in [-0.4, -0.2) is 36.7 Å². The van der Waals surface area contributed by atoms with Gasteiger partial charge in [-0.05, 0) is 6.54 Å². The van der Waals surface area contributed by atoms with Crippen LogP contribution >= 0.6 is 0 Å². The van der Waals surface area contributed by atoms with Crippen LogP contribution in [0.5, 0.6) is 0 Å². The van der Waals surface area contributed by atoms with E-state index >= 15 is 0 Å². The molecule has 3 aliphatic rings. The zero-order valence-electron chi connectivity index (χ0n) is 7.84. The monoisotopic (exact) mass is 157 g/mol. The molecule has 2 nitrogen and oxygen atoms in total. The Kier molecular flexibility index (Phi) is 3.34. The number of hydrogen-bond acceptors (Lipinski definition) is 2. The molecular formula is C9H19NO. The van der Waals surface area contributed by atoms with Crippen molar-refractivity contribution >= 4 is 0 Å². The van der Waals surface area contributed by atoms with Gasteiger partial charge in [-0.25, -0.2) is 0 Å². The van der Waals surface area contributed by atoms with Gasteiger partial charge in [0, 0.05) is 19.5 Å². The van der Waals surface area contributed by atoms with Gasteiger partial charge in [-0.15, -0.1) is 0 Å². The van der Waals surface area contributed by atoms with E-state index in [1.165, 1.54) is 26.1 Å². The molecule has 0 spiro atoms. The molecule has 3 heterocycles. The maximum absolute atomic E-state index is 5.47. The molecular weight excluding hydrogens is 138 g/mol. The van der Waals surface area contributed by atoms with Gasteiger partial charge in [-0.3, -0.25) is 4.90 Å². The summed E-state index contributed by atoms with van der Waals surface area (Å²) in [6.45, 7) is 9.75. The molecule has 0 saturated carbocycles. The van der Waals surface area contributed by atoms with Gasteiger partial charge in [0.15, 0.2) is 0 Å². The number of hydrogen-bond donors (Lipinski definition) is 0. The summed E-state index contributed by atoms with van der Waals surface area (Å²) in [5, 5.41) is 0. The van der Waals surface area contributed by atoms with E-state index < -0.39 is 0 Å². The third-order valence-electron chi connectivity index (χ3n) is 2.28. The van der Waals surface area contributed by atoms with E-state index in [1.807, 2.05) is 13.8 Å². The number of likely N-dealkylation sites (N-methyl/N-ethyl adjacent to an activating group) is 1. The molecule has 0 radical (unpaired) electrons. The second-order valence-corrected chi connectivity index (χ2v) is 2.97. The summed E-state index contributed by atoms with van der Waals surface area (Å²) in [6.07, 6.45) is 2.49. The first-order chi connectivity index (χ1) is 5.38. The minimum atomic E-state index is 0.587. The molecule has 2 heteroatoms. The summed E-state index contributed by atoms with van der Waals surface area (Å²) in [5.74, 6) is 0. The van der Waals surface area contributed by atoms with E-state index in [9.17, 15) is 0 Å². The molecule has 2 atom stereocenters. The van der Waals surface area contributed by atoms with Crippen LogP contribution in [-0.2, 0) is 4.74 Å². The van der Waals surface area contributed by atoms with Gasteiger partial charge in [0.2, 0.25) is 0 Å². The number of nitrogens with zero attached hydrogens (tertiary/aromatic N) is 1. The van der Waals surface area contributed by atoms with Crippen LogP contribution < -0.4 is 0 Å². The van der Waals surface area contributed by atoms with Gasteiger partial charge < -0.3 is 4.74 Å². The Bertz CT molecular complexity index is 100. The highest BCUT2D eigenvalue weighted by Gasteiger charge is 2.37. The van der Waals surface area contributed by atoms with Gasteiger partial charge >= 0.3 is 0 Å². The summed E-state index contributed by atoms with van der Waals surface area (Å²) in [5.41, 5.74) is 0. The van der Waals surface area contributed by atoms with Crippen molar-refractivity contribution in [2.75, 3.05) is 19.6 Å². The average molecular weight is 157 g/mol. The molecule has 0 aromatic rings. The molecule has 3 saturated heterocycles. The van der Waals surface area contributed by atoms with Crippen molar-refractivity contribution in [1.82, 2.24) is 4.90 Å². The Hall–Kier alpha value is -0.0800. The maximum atomic E-state index is 5.47. The summed E-state index contributed by atoms with van der Waals surface area (Å²) in [4.78, 5) is 2.46. The van der Waals surface area contributed by atoms with Crippen molar-refractivity contribution in [3.63, 3.8) is 0 Å². The molecule has 0 aliphatic carbocycles. The molecule has 66 valence electrons. The van der Waals surface area contributed by atoms with Crippen LogP contribution in [0.3, 0.4) is 0 Å². The summed E-state index contributed by atoms with van der Waals surface area (Å²) in [6, 6.07) is 0. The molecule has 3 rings (SSSR count). The lowest BCUT2D eigenvalue weighted by molar-refractivity contribution is -0.179. The van der Waals surface area contributed by atoms with Gasteiger partial charge in [0.05, 0.1) is 12.2 Å². The SMILES string of the molecule is CC.CCN1CC2CC(C1)O2. The van der Waals surface area contributed by atoms with E-state index in [4.69, 9.17) is 4.74 Å². The first kappa shape index (κ1) is 9.01. The zero-order chi connectivity index (χ0) is 8.27. The first-order valence-electron chi connectivity index (χ1n) is 4.76. The van der Waals surface area contributed by atoms with Crippen molar-refractivity contribution < 1.29 is 4.74 Å². The van der Waals surface area contributed by atoms with E-state index in [1.54, 1.807) is 0 Å².